The first-order chi connectivity index (χ1) is 13.6. The van der Waals surface area contributed by atoms with Gasteiger partial charge in [0.05, 0.1) is 0 Å². The summed E-state index contributed by atoms with van der Waals surface area (Å²) < 4.78 is 28.4. The Morgan fingerprint density at radius 2 is 0.700 bits per heavy atom. The average molecular weight is 584 g/mol. The zero-order chi connectivity index (χ0) is 26.2. The van der Waals surface area contributed by atoms with Crippen molar-refractivity contribution in [2.24, 2.45) is 0 Å². The molecule has 30 heavy (non-hydrogen) atoms. The number of nitrogens with one attached hydrogen (secondary N) is 2. The summed E-state index contributed by atoms with van der Waals surface area (Å²) in [7, 11) is 4.44. The molecule has 2 atom stereocenters. The molecule has 0 spiro atoms. The Bertz CT molecular complexity index is 158. The Labute approximate surface area is 184 Å². The molecule has 2 unspecified atom stereocenters. The Balaban J connectivity index is -0.00000000762. The van der Waals surface area contributed by atoms with Crippen LogP contribution >= 0.6 is 52.1 Å². The fraction of sp³-hybridized carbons (Fsp3) is 1.00. The number of hydrogen-bond donors (Lipinski definition) is 8. The third kappa shape index (κ3) is 45100. The monoisotopic (exact) mass is 584 g/mol. The van der Waals surface area contributed by atoms with Crippen LogP contribution in [0.2, 0.25) is 0 Å². The van der Waals surface area contributed by atoms with E-state index in [1.165, 1.54) is 12.8 Å². The topological polar surface area (TPSA) is 432 Å². The molecule has 0 saturated heterocycles. The zero-order valence-corrected chi connectivity index (χ0v) is 21.2. The van der Waals surface area contributed by atoms with Gasteiger partial charge in [-0.1, -0.05) is 44.5 Å². The number of unbranched alkanes of at least 4 members (excludes halogenated alkanes) is 1. The van der Waals surface area contributed by atoms with Gasteiger partial charge < -0.3 is 21.9 Å². The Hall–Kier alpha value is -0.340. The van der Waals surface area contributed by atoms with Crippen molar-refractivity contribution >= 4 is 52.1 Å². The summed E-state index contributed by atoms with van der Waals surface area (Å²) in [6, 6.07) is 0. The van der Waals surface area contributed by atoms with Crippen LogP contribution in [-0.4, -0.2) is 56.0 Å². The van der Waals surface area contributed by atoms with Crippen LogP contribution in [0, 0.1) is 40.1 Å². The molecular formula is C4H32N2O18P6. The van der Waals surface area contributed by atoms with Crippen molar-refractivity contribution in [2.75, 3.05) is 0 Å². The van der Waals surface area contributed by atoms with E-state index < -0.39 is 18.1 Å². The van der Waals surface area contributed by atoms with Crippen LogP contribution in [0.3, 0.4) is 0 Å². The zero-order valence-electron chi connectivity index (χ0n) is 17.3. The Kier molecular flexibility index (Phi) is 4790. The highest BCUT2D eigenvalue weighted by atomic mass is 32.0. The summed E-state index contributed by atoms with van der Waals surface area (Å²) in [5.41, 5.74) is 0. The smallest absolute Gasteiger partial charge is 0.140 e. The summed E-state index contributed by atoms with van der Waals surface area (Å²) in [6.45, 7) is 4.36. The molecule has 0 aromatic rings. The van der Waals surface area contributed by atoms with Gasteiger partial charge in [-0.25, -0.2) is 0 Å². The molecule has 20 nitrogen and oxygen atoms in total. The van der Waals surface area contributed by atoms with E-state index >= 15 is 0 Å². The van der Waals surface area contributed by atoms with Gasteiger partial charge in [0.15, 0.2) is 0 Å². The molecule has 0 heterocycles. The highest BCUT2D eigenvalue weighted by Crippen LogP contribution is 2.00. The third-order valence-corrected chi connectivity index (χ3v) is 0.500. The Morgan fingerprint density at radius 3 is 0.700 bits per heavy atom. The molecule has 0 aliphatic carbocycles. The van der Waals surface area contributed by atoms with Crippen molar-refractivity contribution in [2.45, 2.75) is 26.7 Å². The van der Waals surface area contributed by atoms with E-state index in [0.29, 0.717) is 16.1 Å². The molecule has 0 aliphatic rings. The molecule has 0 fully saturated rings. The van der Waals surface area contributed by atoms with Gasteiger partial charge in [-0.3, -0.25) is 51.0 Å². The lowest BCUT2D eigenvalue weighted by molar-refractivity contribution is -0.176. The first-order valence-corrected chi connectivity index (χ1v) is 10.1. The second kappa shape index (κ2) is 1640. The molecule has 0 saturated carbocycles. The predicted molar refractivity (Wildman–Crippen MR) is 128 cm³/mol. The summed E-state index contributed by atoms with van der Waals surface area (Å²) in [6.07, 6.45) is 2.64. The van der Waals surface area contributed by atoms with Gasteiger partial charge in [-0.2, -0.15) is 0 Å². The van der Waals surface area contributed by atoms with Crippen LogP contribution in [0.25, 0.3) is 0 Å². The van der Waals surface area contributed by atoms with Gasteiger partial charge >= 0.3 is 0 Å². The normalized spacial score (nSPS) is 4.87. The van der Waals surface area contributed by atoms with Gasteiger partial charge in [0.2, 0.25) is 0 Å². The fourth-order valence-corrected chi connectivity index (χ4v) is 0. The maximum atomic E-state index is 8.57. The highest BCUT2D eigenvalue weighted by molar-refractivity contribution is 7.96. The number of rotatable bonds is 1. The average Bonchev–Trinajstić information content (AvgIpc) is 2.79. The molecule has 0 aliphatic heterocycles. The van der Waals surface area contributed by atoms with Crippen molar-refractivity contribution in [3.63, 3.8) is 0 Å². The molecule has 26 heteroatoms. The minimum atomic E-state index is -0.583. The summed E-state index contributed by atoms with van der Waals surface area (Å²) in [5, 5.41) is 48.3. The maximum Gasteiger partial charge on any atom is 0.140 e. The minimum absolute atomic E-state index is 0. The van der Waals surface area contributed by atoms with Crippen LogP contribution in [-0.2, 0) is 9.13 Å². The van der Waals surface area contributed by atoms with E-state index in [1.807, 2.05) is 0 Å². The third-order valence-electron chi connectivity index (χ3n) is 0.500. The lowest BCUT2D eigenvalue weighted by Gasteiger charge is -1.68. The van der Waals surface area contributed by atoms with Gasteiger partial charge in [0.1, 0.15) is 20.7 Å². The molecule has 16 N–H and O–H groups in total. The van der Waals surface area contributed by atoms with E-state index in [1.54, 1.807) is 0 Å². The van der Waals surface area contributed by atoms with Gasteiger partial charge in [0, 0.05) is 45.9 Å². The van der Waals surface area contributed by atoms with E-state index in [4.69, 9.17) is 83.3 Å². The predicted octanol–water partition coefficient (Wildman–Crippen LogP) is 2.68. The standard InChI is InChI=1S/C4H10.2H3NP2.3H2O2.3O2.2HOP.4H2O/c1-3-4-2;2*1-3-2;8*1-2;;;;/h3-4H2,1-2H3;2*1H,2H2;3*1-2H;;;;2*2H;4*1H2/i;;;;;;;;;2*2D;;;;. The lowest BCUT2D eigenvalue weighted by Crippen LogP contribution is -1.47. The minimum Gasteiger partial charge on any atom is -0.412 e. The van der Waals surface area contributed by atoms with Crippen molar-refractivity contribution in [3.05, 3.63) is 29.8 Å². The van der Waals surface area contributed by atoms with Gasteiger partial charge in [-0.05, 0) is 0 Å². The van der Waals surface area contributed by atoms with Crippen LogP contribution in [0.1, 0.15) is 26.7 Å². The second-order valence-electron chi connectivity index (χ2n) is 1.26. The number of hydrogen-bond acceptors (Lipinski definition) is 16. The van der Waals surface area contributed by atoms with Gasteiger partial charge in [0.25, 0.3) is 0 Å². The van der Waals surface area contributed by atoms with E-state index in [2.05, 4.69) is 31.7 Å². The highest BCUT2D eigenvalue weighted by Gasteiger charge is 1.56. The first-order valence-electron chi connectivity index (χ1n) is 5.24. The van der Waals surface area contributed by atoms with Crippen molar-refractivity contribution < 1.29 is 62.6 Å². The molecule has 0 amide bonds. The first kappa shape index (κ1) is 87.8. The van der Waals surface area contributed by atoms with Gasteiger partial charge in [-0.15, -0.1) is 0 Å². The van der Waals surface area contributed by atoms with E-state index in [-0.39, 0.29) is 21.9 Å². The second-order valence-corrected chi connectivity index (χ2v) is 3.32. The summed E-state index contributed by atoms with van der Waals surface area (Å²) >= 11 is 0. The molecular weight excluding hydrogens is 550 g/mol. The van der Waals surface area contributed by atoms with E-state index in [9.17, 15) is 0 Å². The quantitative estimate of drug-likeness (QED) is 0.125. The Morgan fingerprint density at radius 1 is 0.667 bits per heavy atom. The fourth-order valence-electron chi connectivity index (χ4n) is 0. The SMILES string of the molecule is CCCC.N=PP.N=PP.O.O.O.O.O=O.O=O.O=O.OO.OO.OO.[2H]P=O.[2H]P=O. The maximum absolute atomic E-state index is 8.57. The lowest BCUT2D eigenvalue weighted by atomic mass is 10.4. The van der Waals surface area contributed by atoms with Crippen molar-refractivity contribution in [3.8, 4) is 0 Å². The molecule has 0 rings (SSSR count). The van der Waals surface area contributed by atoms with Crippen molar-refractivity contribution in [1.29, 1.82) is 12.9 Å². The summed E-state index contributed by atoms with van der Waals surface area (Å²) in [5.74, 6) is 0. The molecule has 0 aromatic carbocycles. The van der Waals surface area contributed by atoms with Crippen LogP contribution in [0.15, 0.2) is 0 Å². The summed E-state index contributed by atoms with van der Waals surface area (Å²) in [4.78, 5) is 42.0. The largest absolute Gasteiger partial charge is 0.412 e. The van der Waals surface area contributed by atoms with Crippen LogP contribution in [0.5, 0.6) is 0 Å². The van der Waals surface area contributed by atoms with Crippen molar-refractivity contribution in [1.82, 2.24) is 0 Å². The molecule has 196 valence electrons. The molecule has 0 radical (unpaired) electrons. The van der Waals surface area contributed by atoms with Crippen LogP contribution in [0.4, 0.5) is 0 Å². The van der Waals surface area contributed by atoms with Crippen LogP contribution < -0.4 is 0 Å². The van der Waals surface area contributed by atoms with E-state index in [0.717, 1.165) is 0 Å². The molecule has 0 aromatic heterocycles. The molecule has 0 bridgehead atoms.